The lowest BCUT2D eigenvalue weighted by Crippen LogP contribution is -2.17. The van der Waals surface area contributed by atoms with Gasteiger partial charge in [-0.1, -0.05) is 6.07 Å². The number of aliphatic hydroxyl groups excluding tert-OH is 1. The van der Waals surface area contributed by atoms with Crippen LogP contribution >= 0.6 is 0 Å². The van der Waals surface area contributed by atoms with Gasteiger partial charge in [-0.3, -0.25) is 0 Å². The summed E-state index contributed by atoms with van der Waals surface area (Å²) in [5.74, 6) is -0.0538. The fraction of sp³-hybridized carbons (Fsp3) is 0.538. The lowest BCUT2D eigenvalue weighted by Gasteiger charge is -2.17. The Kier molecular flexibility index (Phi) is 5.94. The third-order valence-electron chi connectivity index (χ3n) is 2.66. The van der Waals surface area contributed by atoms with Crippen molar-refractivity contribution in [2.75, 3.05) is 20.3 Å². The van der Waals surface area contributed by atoms with Crippen molar-refractivity contribution in [3.8, 4) is 5.75 Å². The largest absolute Gasteiger partial charge is 0.491 e. The maximum absolute atomic E-state index is 13.7. The van der Waals surface area contributed by atoms with E-state index in [0.29, 0.717) is 13.0 Å². The van der Waals surface area contributed by atoms with E-state index >= 15 is 0 Å². The molecule has 0 radical (unpaired) electrons. The molecule has 3 nitrogen and oxygen atoms in total. The summed E-state index contributed by atoms with van der Waals surface area (Å²) in [5, 5.41) is 11.9. The lowest BCUT2D eigenvalue weighted by molar-refractivity contribution is 0.276. The Morgan fingerprint density at radius 2 is 2.24 bits per heavy atom. The number of benzene rings is 1. The summed E-state index contributed by atoms with van der Waals surface area (Å²) in [4.78, 5) is 0. The highest BCUT2D eigenvalue weighted by Crippen LogP contribution is 2.24. The molecule has 1 atom stereocenters. The molecule has 0 aliphatic heterocycles. The second kappa shape index (κ2) is 7.25. The minimum absolute atomic E-state index is 0.0623. The number of nitrogens with one attached hydrogen (secondary N) is 1. The normalized spacial score (nSPS) is 12.5. The summed E-state index contributed by atoms with van der Waals surface area (Å²) in [7, 11) is 1.83. The van der Waals surface area contributed by atoms with Gasteiger partial charge in [0.25, 0.3) is 0 Å². The average molecular weight is 241 g/mol. The molecule has 0 bridgehead atoms. The first-order valence-electron chi connectivity index (χ1n) is 5.93. The molecule has 17 heavy (non-hydrogen) atoms. The number of hydrogen-bond donors (Lipinski definition) is 2. The van der Waals surface area contributed by atoms with Gasteiger partial charge < -0.3 is 15.2 Å². The Bertz CT molecular complexity index is 344. The van der Waals surface area contributed by atoms with Gasteiger partial charge in [-0.05, 0) is 44.5 Å². The van der Waals surface area contributed by atoms with E-state index in [1.807, 2.05) is 20.0 Å². The molecule has 0 amide bonds. The predicted octanol–water partition coefficient (Wildman–Crippen LogP) is 2.26. The molecule has 0 heterocycles. The van der Waals surface area contributed by atoms with Crippen LogP contribution in [-0.4, -0.2) is 25.4 Å². The van der Waals surface area contributed by atoms with Crippen LogP contribution in [0, 0.1) is 5.82 Å². The maximum Gasteiger partial charge on any atom is 0.165 e. The van der Waals surface area contributed by atoms with Crippen LogP contribution in [0.25, 0.3) is 0 Å². The second-order valence-electron chi connectivity index (χ2n) is 3.83. The van der Waals surface area contributed by atoms with Crippen LogP contribution in [0.15, 0.2) is 18.2 Å². The van der Waals surface area contributed by atoms with E-state index in [2.05, 4.69) is 5.32 Å². The van der Waals surface area contributed by atoms with E-state index in [0.717, 1.165) is 12.0 Å². The van der Waals surface area contributed by atoms with E-state index in [-0.39, 0.29) is 24.2 Å². The van der Waals surface area contributed by atoms with E-state index in [1.165, 1.54) is 6.07 Å². The number of aliphatic hydroxyl groups is 1. The average Bonchev–Trinajstić information content (AvgIpc) is 2.33. The molecule has 0 saturated carbocycles. The Morgan fingerprint density at radius 1 is 1.47 bits per heavy atom. The van der Waals surface area contributed by atoms with Gasteiger partial charge in [0.05, 0.1) is 6.61 Å². The highest BCUT2D eigenvalue weighted by atomic mass is 19.1. The van der Waals surface area contributed by atoms with Crippen LogP contribution in [0.5, 0.6) is 5.75 Å². The molecule has 1 aromatic carbocycles. The van der Waals surface area contributed by atoms with Crippen molar-refractivity contribution >= 4 is 0 Å². The summed E-state index contributed by atoms with van der Waals surface area (Å²) < 4.78 is 18.8. The van der Waals surface area contributed by atoms with Crippen LogP contribution in [-0.2, 0) is 0 Å². The van der Waals surface area contributed by atoms with E-state index in [1.54, 1.807) is 6.07 Å². The molecule has 0 fully saturated rings. The highest BCUT2D eigenvalue weighted by Gasteiger charge is 2.11. The van der Waals surface area contributed by atoms with Gasteiger partial charge >= 0.3 is 0 Å². The van der Waals surface area contributed by atoms with Gasteiger partial charge in [0.2, 0.25) is 0 Å². The molecular formula is C13H20FNO2. The van der Waals surface area contributed by atoms with Gasteiger partial charge in [-0.2, -0.15) is 0 Å². The monoisotopic (exact) mass is 241 g/mol. The molecule has 0 aromatic heterocycles. The van der Waals surface area contributed by atoms with Crippen molar-refractivity contribution < 1.29 is 14.2 Å². The Morgan fingerprint density at radius 3 is 2.76 bits per heavy atom. The molecule has 1 rings (SSSR count). The molecule has 0 aliphatic rings. The zero-order valence-electron chi connectivity index (χ0n) is 10.4. The fourth-order valence-corrected chi connectivity index (χ4v) is 1.78. The van der Waals surface area contributed by atoms with Gasteiger partial charge in [-0.25, -0.2) is 4.39 Å². The summed E-state index contributed by atoms with van der Waals surface area (Å²) in [6, 6.07) is 5.06. The number of rotatable bonds is 7. The molecule has 96 valence electrons. The molecule has 2 N–H and O–H groups in total. The highest BCUT2D eigenvalue weighted by molar-refractivity contribution is 5.31. The summed E-state index contributed by atoms with van der Waals surface area (Å²) in [6.45, 7) is 2.43. The van der Waals surface area contributed by atoms with Gasteiger partial charge in [0.1, 0.15) is 0 Å². The summed E-state index contributed by atoms with van der Waals surface area (Å²) >= 11 is 0. The van der Waals surface area contributed by atoms with E-state index in [4.69, 9.17) is 9.84 Å². The van der Waals surface area contributed by atoms with Crippen molar-refractivity contribution in [1.29, 1.82) is 0 Å². The third-order valence-corrected chi connectivity index (χ3v) is 2.66. The van der Waals surface area contributed by atoms with Crippen LogP contribution in [0.2, 0.25) is 0 Å². The zero-order valence-corrected chi connectivity index (χ0v) is 10.4. The van der Waals surface area contributed by atoms with Gasteiger partial charge in [0, 0.05) is 12.6 Å². The number of ether oxygens (including phenoxy) is 1. The SMILES string of the molecule is CCOc1ccc(C(CCCO)NC)cc1F. The standard InChI is InChI=1S/C13H20FNO2/c1-3-17-13-7-6-10(9-11(13)14)12(15-2)5-4-8-16/h6-7,9,12,15-16H,3-5,8H2,1-2H3. The number of halogens is 1. The molecule has 4 heteroatoms. The molecule has 1 aromatic rings. The smallest absolute Gasteiger partial charge is 0.165 e. The van der Waals surface area contributed by atoms with Crippen LogP contribution in [0.1, 0.15) is 31.4 Å². The first-order chi connectivity index (χ1) is 8.22. The summed E-state index contributed by atoms with van der Waals surface area (Å²) in [6.07, 6.45) is 1.47. The molecule has 0 saturated heterocycles. The minimum atomic E-state index is -0.339. The first kappa shape index (κ1) is 13.9. The lowest BCUT2D eigenvalue weighted by atomic mass is 10.0. The van der Waals surface area contributed by atoms with Crippen LogP contribution in [0.4, 0.5) is 4.39 Å². The van der Waals surface area contributed by atoms with Gasteiger partial charge in [-0.15, -0.1) is 0 Å². The van der Waals surface area contributed by atoms with Crippen molar-refractivity contribution in [1.82, 2.24) is 5.32 Å². The number of hydrogen-bond acceptors (Lipinski definition) is 3. The quantitative estimate of drug-likeness (QED) is 0.769. The third kappa shape index (κ3) is 3.98. The molecule has 0 aliphatic carbocycles. The van der Waals surface area contributed by atoms with Crippen molar-refractivity contribution in [3.63, 3.8) is 0 Å². The van der Waals surface area contributed by atoms with Crippen LogP contribution in [0.3, 0.4) is 0 Å². The van der Waals surface area contributed by atoms with Crippen molar-refractivity contribution in [3.05, 3.63) is 29.6 Å². The Labute approximate surface area is 102 Å². The second-order valence-corrected chi connectivity index (χ2v) is 3.83. The van der Waals surface area contributed by atoms with E-state index < -0.39 is 0 Å². The van der Waals surface area contributed by atoms with E-state index in [9.17, 15) is 4.39 Å². The maximum atomic E-state index is 13.7. The molecule has 1 unspecified atom stereocenters. The van der Waals surface area contributed by atoms with Crippen molar-refractivity contribution in [2.24, 2.45) is 0 Å². The first-order valence-corrected chi connectivity index (χ1v) is 5.93. The zero-order chi connectivity index (χ0) is 12.7. The Hall–Kier alpha value is -1.13. The van der Waals surface area contributed by atoms with Crippen LogP contribution < -0.4 is 10.1 Å². The van der Waals surface area contributed by atoms with Crippen molar-refractivity contribution in [2.45, 2.75) is 25.8 Å². The predicted molar refractivity (Wildman–Crippen MR) is 65.7 cm³/mol. The summed E-state index contributed by atoms with van der Waals surface area (Å²) in [5.41, 5.74) is 0.877. The Balaban J connectivity index is 2.79. The minimum Gasteiger partial charge on any atom is -0.491 e. The molecule has 0 spiro atoms. The van der Waals surface area contributed by atoms with Gasteiger partial charge in [0.15, 0.2) is 11.6 Å². The molecular weight excluding hydrogens is 221 g/mol. The fourth-order valence-electron chi connectivity index (χ4n) is 1.78. The topological polar surface area (TPSA) is 41.5 Å².